The van der Waals surface area contributed by atoms with Crippen LogP contribution in [0.4, 0.5) is 5.69 Å². The average Bonchev–Trinajstić information content (AvgIpc) is 2.75. The second-order valence-electron chi connectivity index (χ2n) is 5.37. The van der Waals surface area contributed by atoms with Gasteiger partial charge in [-0.1, -0.05) is 13.8 Å². The van der Waals surface area contributed by atoms with Gasteiger partial charge in [0.05, 0.1) is 6.10 Å². The van der Waals surface area contributed by atoms with Crippen molar-refractivity contribution in [3.05, 3.63) is 11.4 Å². The molecule has 1 aliphatic carbocycles. The maximum atomic E-state index is 12.2. The van der Waals surface area contributed by atoms with Crippen LogP contribution in [0.1, 0.15) is 27.2 Å². The first-order valence-electron chi connectivity index (χ1n) is 6.25. The molecule has 2 rings (SSSR count). The second kappa shape index (κ2) is 5.05. The maximum absolute atomic E-state index is 12.2. The second-order valence-corrected chi connectivity index (χ2v) is 8.23. The summed E-state index contributed by atoms with van der Waals surface area (Å²) in [4.78, 5) is 0. The summed E-state index contributed by atoms with van der Waals surface area (Å²) in [5.74, 6) is 0. The third-order valence-electron chi connectivity index (χ3n) is 3.70. The van der Waals surface area contributed by atoms with Crippen LogP contribution in [0.3, 0.4) is 0 Å². The highest BCUT2D eigenvalue weighted by molar-refractivity contribution is 7.91. The monoisotopic (exact) mass is 304 g/mol. The zero-order chi connectivity index (χ0) is 14.3. The normalized spacial score (nSPS) is 26.1. The smallest absolute Gasteiger partial charge is 0.250 e. The summed E-state index contributed by atoms with van der Waals surface area (Å²) in [5, 5.41) is 1.63. The van der Waals surface area contributed by atoms with Crippen LogP contribution in [0.5, 0.6) is 0 Å². The van der Waals surface area contributed by atoms with E-state index in [0.717, 1.165) is 11.3 Å². The van der Waals surface area contributed by atoms with Crippen molar-refractivity contribution in [1.29, 1.82) is 0 Å². The van der Waals surface area contributed by atoms with Crippen molar-refractivity contribution >= 4 is 27.0 Å². The van der Waals surface area contributed by atoms with Gasteiger partial charge in [-0.15, -0.1) is 11.3 Å². The standard InChI is InChI=1S/C12H20N2O3S2/c1-4-17-10-6-9(12(10,2)3)14-19(15,16)11-5-8(13)7-18-11/h5,7,9-10,14H,4,6,13H2,1-3H3. The summed E-state index contributed by atoms with van der Waals surface area (Å²) in [6.07, 6.45) is 0.819. The van der Waals surface area contributed by atoms with E-state index in [-0.39, 0.29) is 21.8 Å². The molecule has 7 heteroatoms. The number of sulfonamides is 1. The minimum Gasteiger partial charge on any atom is -0.398 e. The molecule has 0 saturated heterocycles. The van der Waals surface area contributed by atoms with Gasteiger partial charge in [-0.25, -0.2) is 13.1 Å². The van der Waals surface area contributed by atoms with Gasteiger partial charge in [0, 0.05) is 29.1 Å². The van der Waals surface area contributed by atoms with Gasteiger partial charge in [0.2, 0.25) is 10.0 Å². The van der Waals surface area contributed by atoms with Gasteiger partial charge in [-0.3, -0.25) is 0 Å². The Labute approximate surface area is 118 Å². The topological polar surface area (TPSA) is 81.4 Å². The molecule has 0 spiro atoms. The highest BCUT2D eigenvalue weighted by Gasteiger charge is 2.50. The largest absolute Gasteiger partial charge is 0.398 e. The Hall–Kier alpha value is -0.630. The number of nitrogens with two attached hydrogens (primary N) is 1. The van der Waals surface area contributed by atoms with Gasteiger partial charge in [-0.05, 0) is 19.4 Å². The molecule has 0 aromatic carbocycles. The molecule has 1 aromatic rings. The van der Waals surface area contributed by atoms with Crippen molar-refractivity contribution in [3.63, 3.8) is 0 Å². The minimum absolute atomic E-state index is 0.0997. The van der Waals surface area contributed by atoms with E-state index in [0.29, 0.717) is 18.7 Å². The molecule has 0 radical (unpaired) electrons. The van der Waals surface area contributed by atoms with E-state index >= 15 is 0 Å². The molecule has 5 nitrogen and oxygen atoms in total. The molecule has 1 aliphatic rings. The molecular weight excluding hydrogens is 284 g/mol. The van der Waals surface area contributed by atoms with E-state index in [1.165, 1.54) is 6.07 Å². The van der Waals surface area contributed by atoms with Crippen LogP contribution in [-0.2, 0) is 14.8 Å². The lowest BCUT2D eigenvalue weighted by Gasteiger charge is -2.51. The molecule has 1 saturated carbocycles. The minimum atomic E-state index is -3.48. The molecule has 108 valence electrons. The Morgan fingerprint density at radius 3 is 2.74 bits per heavy atom. The maximum Gasteiger partial charge on any atom is 0.250 e. The van der Waals surface area contributed by atoms with Crippen LogP contribution in [-0.4, -0.2) is 27.2 Å². The fourth-order valence-corrected chi connectivity index (χ4v) is 4.79. The van der Waals surface area contributed by atoms with Crippen LogP contribution in [0, 0.1) is 5.41 Å². The number of nitrogens with one attached hydrogen (secondary N) is 1. The molecule has 1 heterocycles. The molecule has 1 aromatic heterocycles. The lowest BCUT2D eigenvalue weighted by molar-refractivity contribution is -0.108. The third kappa shape index (κ3) is 2.79. The summed E-state index contributed by atoms with van der Waals surface area (Å²) in [6, 6.07) is 1.39. The van der Waals surface area contributed by atoms with E-state index in [9.17, 15) is 8.42 Å². The first kappa shape index (κ1) is 14.8. The third-order valence-corrected chi connectivity index (χ3v) is 6.63. The Morgan fingerprint density at radius 2 is 2.26 bits per heavy atom. The summed E-state index contributed by atoms with van der Waals surface area (Å²) in [5.41, 5.74) is 5.85. The SMILES string of the molecule is CCOC1CC(NS(=O)(=O)c2cc(N)cs2)C1(C)C. The van der Waals surface area contributed by atoms with Crippen LogP contribution < -0.4 is 10.5 Å². The molecule has 0 amide bonds. The van der Waals surface area contributed by atoms with Gasteiger partial charge < -0.3 is 10.5 Å². The van der Waals surface area contributed by atoms with Crippen molar-refractivity contribution in [2.45, 2.75) is 43.5 Å². The highest BCUT2D eigenvalue weighted by Crippen LogP contribution is 2.43. The molecule has 1 fully saturated rings. The van der Waals surface area contributed by atoms with E-state index in [1.807, 2.05) is 20.8 Å². The predicted molar refractivity (Wildman–Crippen MR) is 76.7 cm³/mol. The Bertz CT molecular complexity index is 551. The zero-order valence-corrected chi connectivity index (χ0v) is 13.0. The van der Waals surface area contributed by atoms with E-state index in [1.54, 1.807) is 5.38 Å². The molecule has 0 bridgehead atoms. The van der Waals surface area contributed by atoms with E-state index in [4.69, 9.17) is 10.5 Å². The number of ether oxygens (including phenoxy) is 1. The summed E-state index contributed by atoms with van der Waals surface area (Å²) in [6.45, 7) is 6.64. The lowest BCUT2D eigenvalue weighted by Crippen LogP contribution is -2.61. The van der Waals surface area contributed by atoms with Gasteiger partial charge in [0.25, 0.3) is 0 Å². The Kier molecular flexibility index (Phi) is 3.92. The number of rotatable bonds is 5. The number of thiophene rings is 1. The first-order chi connectivity index (χ1) is 8.77. The molecule has 2 unspecified atom stereocenters. The summed E-state index contributed by atoms with van der Waals surface area (Å²) >= 11 is 1.14. The molecule has 19 heavy (non-hydrogen) atoms. The van der Waals surface area contributed by atoms with Crippen molar-refractivity contribution in [1.82, 2.24) is 4.72 Å². The van der Waals surface area contributed by atoms with E-state index in [2.05, 4.69) is 4.72 Å². The summed E-state index contributed by atoms with van der Waals surface area (Å²) in [7, 11) is -3.48. The Morgan fingerprint density at radius 1 is 1.58 bits per heavy atom. The highest BCUT2D eigenvalue weighted by atomic mass is 32.2. The number of nitrogen functional groups attached to an aromatic ring is 1. The number of anilines is 1. The quantitative estimate of drug-likeness (QED) is 0.869. The number of hydrogen-bond acceptors (Lipinski definition) is 5. The van der Waals surface area contributed by atoms with Crippen LogP contribution in [0.2, 0.25) is 0 Å². The lowest BCUT2D eigenvalue weighted by atomic mass is 9.65. The summed E-state index contributed by atoms with van der Waals surface area (Å²) < 4.78 is 33.0. The van der Waals surface area contributed by atoms with Gasteiger partial charge >= 0.3 is 0 Å². The van der Waals surface area contributed by atoms with Crippen LogP contribution in [0.25, 0.3) is 0 Å². The van der Waals surface area contributed by atoms with Crippen LogP contribution in [0.15, 0.2) is 15.7 Å². The van der Waals surface area contributed by atoms with E-state index < -0.39 is 10.0 Å². The predicted octanol–water partition coefficient (Wildman–Crippen LogP) is 1.81. The van der Waals surface area contributed by atoms with Gasteiger partial charge in [0.15, 0.2) is 0 Å². The van der Waals surface area contributed by atoms with Crippen molar-refractivity contribution in [2.75, 3.05) is 12.3 Å². The Balaban J connectivity index is 2.07. The number of hydrogen-bond donors (Lipinski definition) is 2. The molecule has 2 atom stereocenters. The molecular formula is C12H20N2O3S2. The fraction of sp³-hybridized carbons (Fsp3) is 0.667. The van der Waals surface area contributed by atoms with Crippen molar-refractivity contribution in [2.24, 2.45) is 5.41 Å². The first-order valence-corrected chi connectivity index (χ1v) is 8.61. The van der Waals surface area contributed by atoms with Crippen molar-refractivity contribution in [3.8, 4) is 0 Å². The molecule has 3 N–H and O–H groups in total. The van der Waals surface area contributed by atoms with Gasteiger partial charge in [-0.2, -0.15) is 0 Å². The zero-order valence-electron chi connectivity index (χ0n) is 11.3. The fourth-order valence-electron chi connectivity index (χ4n) is 2.29. The van der Waals surface area contributed by atoms with Crippen LogP contribution >= 0.6 is 11.3 Å². The molecule has 0 aliphatic heterocycles. The van der Waals surface area contributed by atoms with Crippen molar-refractivity contribution < 1.29 is 13.2 Å². The average molecular weight is 304 g/mol. The van der Waals surface area contributed by atoms with Gasteiger partial charge in [0.1, 0.15) is 4.21 Å².